The quantitative estimate of drug-likeness (QED) is 0.127. The second-order valence-corrected chi connectivity index (χ2v) is 7.14. The van der Waals surface area contributed by atoms with Crippen molar-refractivity contribution in [1.82, 2.24) is 0 Å². The van der Waals surface area contributed by atoms with E-state index < -0.39 is 11.9 Å². The molecular weight excluding hydrogens is 367 g/mol. The van der Waals surface area contributed by atoms with Gasteiger partial charge in [0.25, 0.3) is 0 Å². The first-order chi connectivity index (χ1) is 12.7. The maximum absolute atomic E-state index is 11.1. The maximum atomic E-state index is 11.1. The van der Waals surface area contributed by atoms with E-state index in [0.29, 0.717) is 6.61 Å². The fourth-order valence-corrected chi connectivity index (χ4v) is 3.01. The Hall–Kier alpha value is 0.316. The van der Waals surface area contributed by atoms with Crippen molar-refractivity contribution in [3.63, 3.8) is 0 Å². The first kappa shape index (κ1) is 29.5. The zero-order valence-electron chi connectivity index (χ0n) is 16.8. The summed E-state index contributed by atoms with van der Waals surface area (Å²) in [6.07, 6.45) is 22.7. The molecule has 0 bridgehead atoms. The summed E-state index contributed by atoms with van der Waals surface area (Å²) in [5, 5.41) is 8.39. The molecule has 0 spiro atoms. The van der Waals surface area contributed by atoms with Crippen LogP contribution in [-0.2, 0) is 14.3 Å². The fourth-order valence-electron chi connectivity index (χ4n) is 3.01. The van der Waals surface area contributed by atoms with Crippen LogP contribution in [0.15, 0.2) is 12.2 Å². The van der Waals surface area contributed by atoms with Gasteiger partial charge in [-0.3, -0.25) is 0 Å². The molecule has 0 amide bonds. The van der Waals surface area contributed by atoms with E-state index in [1.807, 2.05) is 0 Å². The summed E-state index contributed by atoms with van der Waals surface area (Å²) in [7, 11) is 0. The number of aliphatic carboxylic acids is 1. The molecular formula is C22H41KO4. The van der Waals surface area contributed by atoms with Gasteiger partial charge in [0.05, 0.1) is 6.61 Å². The summed E-state index contributed by atoms with van der Waals surface area (Å²) in [5.74, 6) is -1.71. The molecule has 4 nitrogen and oxygen atoms in total. The summed E-state index contributed by atoms with van der Waals surface area (Å²) in [5.41, 5.74) is 0. The van der Waals surface area contributed by atoms with E-state index in [9.17, 15) is 9.59 Å². The second kappa shape index (κ2) is 24.4. The molecule has 154 valence electrons. The van der Waals surface area contributed by atoms with Crippen LogP contribution >= 0.6 is 0 Å². The van der Waals surface area contributed by atoms with Gasteiger partial charge in [-0.1, -0.05) is 103 Å². The van der Waals surface area contributed by atoms with Gasteiger partial charge in [0.1, 0.15) is 0 Å². The number of rotatable bonds is 19. The van der Waals surface area contributed by atoms with Crippen LogP contribution in [0.25, 0.3) is 0 Å². The number of carboxylic acid groups (broad SMARTS) is 1. The molecule has 0 unspecified atom stereocenters. The molecule has 0 saturated heterocycles. The third-order valence-electron chi connectivity index (χ3n) is 4.60. The topological polar surface area (TPSA) is 63.6 Å². The zero-order valence-corrected chi connectivity index (χ0v) is 16.8. The molecule has 0 aliphatic rings. The molecule has 0 aromatic carbocycles. The average Bonchev–Trinajstić information content (AvgIpc) is 2.62. The standard InChI is InChI=1S/C22H40O4.K.H/c1-2-3-4-5-6-7-8-9-10-11-12-13-14-15-16-17-20-26-22(25)19-18-21(23)24;;/h18-19H,2-17,20H2,1H3,(H,23,24);;/b19-18+;;. The predicted octanol–water partition coefficient (Wildman–Crippen LogP) is 5.78. The molecule has 1 N–H and O–H groups in total. The molecule has 0 heterocycles. The van der Waals surface area contributed by atoms with Gasteiger partial charge in [0.15, 0.2) is 0 Å². The number of hydrogen-bond donors (Lipinski definition) is 1. The van der Waals surface area contributed by atoms with Crippen molar-refractivity contribution < 1.29 is 19.4 Å². The Bertz CT molecular complexity index is 369. The SMILES string of the molecule is CCCCCCCCCCCCCCCCCCOC(=O)/C=C/C(=O)O.[KH]. The molecule has 0 aromatic rings. The first-order valence-electron chi connectivity index (χ1n) is 10.7. The Kier molecular flexibility index (Phi) is 26.6. The van der Waals surface area contributed by atoms with Gasteiger partial charge in [0.2, 0.25) is 0 Å². The molecule has 0 saturated carbocycles. The monoisotopic (exact) mass is 408 g/mol. The van der Waals surface area contributed by atoms with Crippen molar-refractivity contribution in [2.24, 2.45) is 0 Å². The van der Waals surface area contributed by atoms with Crippen molar-refractivity contribution in [2.75, 3.05) is 6.61 Å². The summed E-state index contributed by atoms with van der Waals surface area (Å²) in [6, 6.07) is 0. The Balaban J connectivity index is 0. The summed E-state index contributed by atoms with van der Waals surface area (Å²) >= 11 is 0. The Morgan fingerprint density at radius 3 is 1.41 bits per heavy atom. The zero-order chi connectivity index (χ0) is 19.3. The van der Waals surface area contributed by atoms with E-state index in [1.165, 1.54) is 89.9 Å². The van der Waals surface area contributed by atoms with Crippen LogP contribution in [0.5, 0.6) is 0 Å². The normalized spacial score (nSPS) is 10.7. The van der Waals surface area contributed by atoms with Crippen LogP contribution in [-0.4, -0.2) is 75.0 Å². The van der Waals surface area contributed by atoms with Crippen molar-refractivity contribution in [2.45, 2.75) is 110 Å². The molecule has 0 fully saturated rings. The van der Waals surface area contributed by atoms with Crippen molar-refractivity contribution >= 4 is 63.3 Å². The number of carbonyl (C=O) groups excluding carboxylic acids is 1. The molecule has 0 radical (unpaired) electrons. The molecule has 0 rings (SSSR count). The van der Waals surface area contributed by atoms with Crippen molar-refractivity contribution in [3.05, 3.63) is 12.2 Å². The third-order valence-corrected chi connectivity index (χ3v) is 4.60. The van der Waals surface area contributed by atoms with Gasteiger partial charge in [-0.15, -0.1) is 0 Å². The van der Waals surface area contributed by atoms with E-state index in [0.717, 1.165) is 25.0 Å². The number of hydrogen-bond acceptors (Lipinski definition) is 3. The summed E-state index contributed by atoms with van der Waals surface area (Å²) < 4.78 is 4.92. The summed E-state index contributed by atoms with van der Waals surface area (Å²) in [6.45, 7) is 2.64. The van der Waals surface area contributed by atoms with Crippen LogP contribution in [0.3, 0.4) is 0 Å². The molecule has 5 heteroatoms. The minimum atomic E-state index is -1.13. The van der Waals surface area contributed by atoms with E-state index in [4.69, 9.17) is 9.84 Å². The van der Waals surface area contributed by atoms with Crippen LogP contribution in [0.1, 0.15) is 110 Å². The van der Waals surface area contributed by atoms with E-state index >= 15 is 0 Å². The Labute approximate surface area is 209 Å². The van der Waals surface area contributed by atoms with Gasteiger partial charge in [0, 0.05) is 12.2 Å². The Morgan fingerprint density at radius 1 is 0.667 bits per heavy atom. The number of esters is 1. The average molecular weight is 409 g/mol. The van der Waals surface area contributed by atoms with Crippen LogP contribution in [0.2, 0.25) is 0 Å². The van der Waals surface area contributed by atoms with Crippen LogP contribution < -0.4 is 0 Å². The van der Waals surface area contributed by atoms with Gasteiger partial charge in [-0.05, 0) is 6.42 Å². The molecule has 27 heavy (non-hydrogen) atoms. The van der Waals surface area contributed by atoms with Crippen molar-refractivity contribution in [1.29, 1.82) is 0 Å². The van der Waals surface area contributed by atoms with Gasteiger partial charge in [-0.2, -0.15) is 0 Å². The summed E-state index contributed by atoms with van der Waals surface area (Å²) in [4.78, 5) is 21.4. The first-order valence-corrected chi connectivity index (χ1v) is 10.7. The number of unbranched alkanes of at least 4 members (excludes halogenated alkanes) is 15. The molecule has 0 aliphatic carbocycles. The molecule has 0 atom stereocenters. The van der Waals surface area contributed by atoms with E-state index in [-0.39, 0.29) is 51.4 Å². The van der Waals surface area contributed by atoms with Crippen LogP contribution in [0, 0.1) is 0 Å². The van der Waals surface area contributed by atoms with Crippen LogP contribution in [0.4, 0.5) is 0 Å². The van der Waals surface area contributed by atoms with E-state index in [2.05, 4.69) is 6.92 Å². The predicted molar refractivity (Wildman–Crippen MR) is 114 cm³/mol. The number of ether oxygens (including phenoxy) is 1. The number of carboxylic acids is 1. The Morgan fingerprint density at radius 2 is 1.04 bits per heavy atom. The second-order valence-electron chi connectivity index (χ2n) is 7.14. The molecule has 0 aromatic heterocycles. The fraction of sp³-hybridized carbons (Fsp3) is 0.818. The van der Waals surface area contributed by atoms with Gasteiger partial charge in [-0.25, -0.2) is 9.59 Å². The van der Waals surface area contributed by atoms with Crippen molar-refractivity contribution in [3.8, 4) is 0 Å². The third kappa shape index (κ3) is 26.3. The van der Waals surface area contributed by atoms with E-state index in [1.54, 1.807) is 0 Å². The van der Waals surface area contributed by atoms with Gasteiger partial charge < -0.3 is 9.84 Å². The number of carbonyl (C=O) groups is 2. The molecule has 0 aliphatic heterocycles. The van der Waals surface area contributed by atoms with Gasteiger partial charge >= 0.3 is 63.3 Å². The minimum absolute atomic E-state index is 0.